The summed E-state index contributed by atoms with van der Waals surface area (Å²) in [5, 5.41) is 0. The molecule has 1 rings (SSSR count). The second-order valence-electron chi connectivity index (χ2n) is 3.40. The number of hydrogen-bond donors (Lipinski definition) is 0. The molecule has 1 saturated heterocycles. The van der Waals surface area contributed by atoms with E-state index >= 15 is 0 Å². The Morgan fingerprint density at radius 2 is 1.58 bits per heavy atom. The third kappa shape index (κ3) is 4.00. The fraction of sp³-hybridized carbons (Fsp3) is 1.00. The van der Waals surface area contributed by atoms with E-state index < -0.39 is 13.3 Å². The highest BCUT2D eigenvalue weighted by Crippen LogP contribution is 2.17. The molecule has 0 aromatic heterocycles. The zero-order valence-electron chi connectivity index (χ0n) is 7.11. The molecule has 1 nitrogen and oxygen atoms in total. The van der Waals surface area contributed by atoms with E-state index in [1.807, 2.05) is 4.90 Å². The highest BCUT2D eigenvalue weighted by Gasteiger charge is 2.23. The highest BCUT2D eigenvalue weighted by atomic mass is 19.4. The van der Waals surface area contributed by atoms with Gasteiger partial charge >= 0.3 is 6.98 Å². The maximum absolute atomic E-state index is 11.8. The Labute approximate surface area is 71.0 Å². The summed E-state index contributed by atoms with van der Waals surface area (Å²) >= 11 is 0. The van der Waals surface area contributed by atoms with Gasteiger partial charge in [-0.2, -0.15) is 0 Å². The number of likely N-dealkylation sites (tertiary alicyclic amines) is 1. The van der Waals surface area contributed by atoms with Gasteiger partial charge < -0.3 is 17.8 Å². The summed E-state index contributed by atoms with van der Waals surface area (Å²) in [6.45, 7) is -2.65. The number of hydrogen-bond acceptors (Lipinski definition) is 1. The van der Waals surface area contributed by atoms with Gasteiger partial charge in [-0.05, 0) is 32.5 Å². The molecule has 0 aromatic rings. The summed E-state index contributed by atoms with van der Waals surface area (Å²) in [7, 11) is 0. The van der Waals surface area contributed by atoms with Gasteiger partial charge in [-0.3, -0.25) is 0 Å². The van der Waals surface area contributed by atoms with Gasteiger partial charge in [0.05, 0.1) is 0 Å². The van der Waals surface area contributed by atoms with Crippen molar-refractivity contribution >= 4 is 6.98 Å². The molecule has 0 N–H and O–H groups in total. The minimum Gasteiger partial charge on any atom is -0.449 e. The average molecular weight is 180 g/mol. The predicted molar refractivity (Wildman–Crippen MR) is 44.2 cm³/mol. The maximum Gasteiger partial charge on any atom is 0.479 e. The van der Waals surface area contributed by atoms with Crippen LogP contribution in [0.15, 0.2) is 0 Å². The number of rotatable bonds is 3. The molecule has 0 radical (unpaired) electrons. The Kier molecular flexibility index (Phi) is 3.44. The van der Waals surface area contributed by atoms with Crippen molar-refractivity contribution in [2.45, 2.75) is 25.6 Å². The molecule has 0 aromatic carbocycles. The number of nitrogens with zero attached hydrogens (tertiary/aromatic N) is 1. The molecular formula is C7H14BF3N-. The summed E-state index contributed by atoms with van der Waals surface area (Å²) in [5.41, 5.74) is 0. The Morgan fingerprint density at radius 3 is 2.08 bits per heavy atom. The second-order valence-corrected chi connectivity index (χ2v) is 3.40. The Morgan fingerprint density at radius 1 is 1.00 bits per heavy atom. The van der Waals surface area contributed by atoms with Crippen molar-refractivity contribution in [3.8, 4) is 0 Å². The zero-order valence-corrected chi connectivity index (χ0v) is 7.11. The third-order valence-corrected chi connectivity index (χ3v) is 2.22. The Bertz CT molecular complexity index is 131. The van der Waals surface area contributed by atoms with E-state index in [9.17, 15) is 12.9 Å². The largest absolute Gasteiger partial charge is 0.479 e. The zero-order chi connectivity index (χ0) is 9.03. The molecule has 72 valence electrons. The van der Waals surface area contributed by atoms with Gasteiger partial charge in [0, 0.05) is 0 Å². The van der Waals surface area contributed by atoms with Crippen LogP contribution in [0.1, 0.15) is 19.3 Å². The van der Waals surface area contributed by atoms with Crippen molar-refractivity contribution in [3.63, 3.8) is 0 Å². The van der Waals surface area contributed by atoms with E-state index in [1.54, 1.807) is 0 Å². The van der Waals surface area contributed by atoms with Gasteiger partial charge in [0.25, 0.3) is 0 Å². The van der Waals surface area contributed by atoms with Gasteiger partial charge in [-0.1, -0.05) is 12.7 Å². The van der Waals surface area contributed by atoms with Crippen LogP contribution in [-0.4, -0.2) is 31.5 Å². The predicted octanol–water partition coefficient (Wildman–Crippen LogP) is 2.32. The molecule has 0 amide bonds. The molecule has 12 heavy (non-hydrogen) atoms. The molecule has 0 atom stereocenters. The van der Waals surface area contributed by atoms with Gasteiger partial charge in [0.1, 0.15) is 0 Å². The molecule has 1 fully saturated rings. The second kappa shape index (κ2) is 4.17. The van der Waals surface area contributed by atoms with E-state index in [4.69, 9.17) is 0 Å². The molecule has 1 aliphatic rings. The first-order valence-electron chi connectivity index (χ1n) is 4.51. The van der Waals surface area contributed by atoms with E-state index in [-0.39, 0.29) is 6.54 Å². The molecule has 5 heteroatoms. The van der Waals surface area contributed by atoms with Gasteiger partial charge in [0.2, 0.25) is 0 Å². The SMILES string of the molecule is F[B-](F)(F)CCN1CCCCC1. The third-order valence-electron chi connectivity index (χ3n) is 2.22. The summed E-state index contributed by atoms with van der Waals surface area (Å²) in [4.78, 5) is 1.92. The lowest BCUT2D eigenvalue weighted by atomic mass is 9.86. The summed E-state index contributed by atoms with van der Waals surface area (Å²) < 4.78 is 35.5. The van der Waals surface area contributed by atoms with Crippen LogP contribution in [0.4, 0.5) is 12.9 Å². The van der Waals surface area contributed by atoms with E-state index in [1.165, 1.54) is 6.42 Å². The van der Waals surface area contributed by atoms with E-state index in [0.717, 1.165) is 25.9 Å². The first kappa shape index (κ1) is 9.90. The fourth-order valence-corrected chi connectivity index (χ4v) is 1.51. The Balaban J connectivity index is 2.13. The van der Waals surface area contributed by atoms with Crippen LogP contribution in [0.3, 0.4) is 0 Å². The van der Waals surface area contributed by atoms with Crippen molar-refractivity contribution in [1.82, 2.24) is 4.90 Å². The lowest BCUT2D eigenvalue weighted by Gasteiger charge is -2.28. The molecule has 0 saturated carbocycles. The standard InChI is InChI=1S/C7H14BF3N/c9-8(10,11)4-7-12-5-2-1-3-6-12/h1-7H2/q-1. The molecule has 0 unspecified atom stereocenters. The van der Waals surface area contributed by atoms with Crippen LogP contribution in [0, 0.1) is 0 Å². The van der Waals surface area contributed by atoms with Crippen molar-refractivity contribution < 1.29 is 12.9 Å². The van der Waals surface area contributed by atoms with Gasteiger partial charge in [-0.15, -0.1) is 0 Å². The fourth-order valence-electron chi connectivity index (χ4n) is 1.51. The summed E-state index contributed by atoms with van der Waals surface area (Å²) in [6.07, 6.45) is 2.70. The van der Waals surface area contributed by atoms with Crippen molar-refractivity contribution in [1.29, 1.82) is 0 Å². The number of halogens is 3. The summed E-state index contributed by atoms with van der Waals surface area (Å²) in [6, 6.07) is 0. The van der Waals surface area contributed by atoms with Crippen LogP contribution in [0.25, 0.3) is 0 Å². The normalized spacial score (nSPS) is 21.2. The van der Waals surface area contributed by atoms with E-state index in [2.05, 4.69) is 0 Å². The van der Waals surface area contributed by atoms with Crippen molar-refractivity contribution in [3.05, 3.63) is 0 Å². The van der Waals surface area contributed by atoms with Gasteiger partial charge in [-0.25, -0.2) is 0 Å². The maximum atomic E-state index is 11.8. The molecule has 1 heterocycles. The number of piperidine rings is 1. The minimum atomic E-state index is -4.57. The van der Waals surface area contributed by atoms with Gasteiger partial charge in [0.15, 0.2) is 0 Å². The van der Waals surface area contributed by atoms with Crippen molar-refractivity contribution in [2.24, 2.45) is 0 Å². The topological polar surface area (TPSA) is 3.24 Å². The van der Waals surface area contributed by atoms with Crippen LogP contribution < -0.4 is 0 Å². The monoisotopic (exact) mass is 180 g/mol. The average Bonchev–Trinajstić information content (AvgIpc) is 2.02. The van der Waals surface area contributed by atoms with E-state index in [0.29, 0.717) is 0 Å². The first-order valence-corrected chi connectivity index (χ1v) is 4.51. The smallest absolute Gasteiger partial charge is 0.449 e. The molecular weight excluding hydrogens is 166 g/mol. The molecule has 0 aliphatic carbocycles. The van der Waals surface area contributed by atoms with Crippen molar-refractivity contribution in [2.75, 3.05) is 19.6 Å². The lowest BCUT2D eigenvalue weighted by molar-refractivity contribution is 0.234. The minimum absolute atomic E-state index is 0.212. The molecule has 1 aliphatic heterocycles. The van der Waals surface area contributed by atoms with Crippen LogP contribution in [-0.2, 0) is 0 Å². The van der Waals surface area contributed by atoms with Crippen LogP contribution in [0.5, 0.6) is 0 Å². The van der Waals surface area contributed by atoms with Crippen LogP contribution in [0.2, 0.25) is 6.32 Å². The van der Waals surface area contributed by atoms with Crippen LogP contribution >= 0.6 is 0 Å². The highest BCUT2D eigenvalue weighted by molar-refractivity contribution is 6.58. The Hall–Kier alpha value is -0.185. The molecule has 0 bridgehead atoms. The lowest BCUT2D eigenvalue weighted by Crippen LogP contribution is -2.33. The summed E-state index contributed by atoms with van der Waals surface area (Å²) in [5.74, 6) is 0. The first-order chi connectivity index (χ1) is 5.58. The quantitative estimate of drug-likeness (QED) is 0.602. The molecule has 0 spiro atoms.